The Kier molecular flexibility index (Phi) is 6.67. The number of aryl methyl sites for hydroxylation is 2. The molecule has 0 saturated carbocycles. The molecule has 0 spiro atoms. The molecule has 10 heteroatoms. The Morgan fingerprint density at radius 2 is 1.91 bits per heavy atom. The third-order valence-corrected chi connectivity index (χ3v) is 6.07. The SMILES string of the molecule is CC(=O)N1CCC(N(C(=O)Nc2ccc(C)nc2OC(F)F)c2cccc3ccn(C)c23)CC1. The van der Waals surface area contributed by atoms with Gasteiger partial charge < -0.3 is 19.5 Å². The number of anilines is 2. The van der Waals surface area contributed by atoms with E-state index in [2.05, 4.69) is 15.0 Å². The van der Waals surface area contributed by atoms with E-state index in [1.54, 1.807) is 22.8 Å². The van der Waals surface area contributed by atoms with Crippen molar-refractivity contribution in [2.45, 2.75) is 39.3 Å². The number of fused-ring (bicyclic) bond motifs is 1. The molecule has 0 bridgehead atoms. The van der Waals surface area contributed by atoms with Crippen molar-refractivity contribution in [1.29, 1.82) is 0 Å². The van der Waals surface area contributed by atoms with Gasteiger partial charge in [-0.05, 0) is 44.0 Å². The number of para-hydroxylation sites is 1. The monoisotopic (exact) mass is 471 g/mol. The second-order valence-corrected chi connectivity index (χ2v) is 8.36. The van der Waals surface area contributed by atoms with Crippen LogP contribution in [0.5, 0.6) is 5.88 Å². The van der Waals surface area contributed by atoms with Crippen LogP contribution in [0.4, 0.5) is 25.0 Å². The molecule has 3 heterocycles. The number of alkyl halides is 2. The molecule has 3 amide bonds. The Bertz CT molecular complexity index is 1200. The van der Waals surface area contributed by atoms with Gasteiger partial charge in [0.05, 0.1) is 11.2 Å². The lowest BCUT2D eigenvalue weighted by atomic mass is 10.0. The first-order valence-corrected chi connectivity index (χ1v) is 11.1. The van der Waals surface area contributed by atoms with Crippen LogP contribution in [0.15, 0.2) is 42.6 Å². The molecule has 1 aliphatic heterocycles. The maximum atomic E-state index is 13.7. The average molecular weight is 472 g/mol. The lowest BCUT2D eigenvalue weighted by Crippen LogP contribution is -2.50. The van der Waals surface area contributed by atoms with Crippen LogP contribution in [-0.4, -0.2) is 52.1 Å². The summed E-state index contributed by atoms with van der Waals surface area (Å²) in [6, 6.07) is 10.1. The normalized spacial score (nSPS) is 14.5. The Morgan fingerprint density at radius 1 is 1.18 bits per heavy atom. The molecule has 0 aliphatic carbocycles. The minimum absolute atomic E-state index is 0.00138. The average Bonchev–Trinajstić information content (AvgIpc) is 3.17. The van der Waals surface area contributed by atoms with Crippen LogP contribution in [0.2, 0.25) is 0 Å². The molecule has 1 saturated heterocycles. The van der Waals surface area contributed by atoms with Crippen molar-refractivity contribution in [2.24, 2.45) is 7.05 Å². The molecule has 0 atom stereocenters. The molecule has 0 radical (unpaired) electrons. The zero-order valence-electron chi connectivity index (χ0n) is 19.3. The second-order valence-electron chi connectivity index (χ2n) is 8.36. The van der Waals surface area contributed by atoms with Crippen LogP contribution in [0.1, 0.15) is 25.5 Å². The summed E-state index contributed by atoms with van der Waals surface area (Å²) in [7, 11) is 1.90. The van der Waals surface area contributed by atoms with E-state index in [0.717, 1.165) is 10.9 Å². The Balaban J connectivity index is 1.71. The fraction of sp³-hybridized carbons (Fsp3) is 0.375. The highest BCUT2D eigenvalue weighted by molar-refractivity contribution is 6.08. The molecule has 1 aliphatic rings. The van der Waals surface area contributed by atoms with Crippen LogP contribution in [0.3, 0.4) is 0 Å². The lowest BCUT2D eigenvalue weighted by Gasteiger charge is -2.38. The van der Waals surface area contributed by atoms with Crippen LogP contribution < -0.4 is 15.0 Å². The van der Waals surface area contributed by atoms with Crippen LogP contribution >= 0.6 is 0 Å². The van der Waals surface area contributed by atoms with Gasteiger partial charge >= 0.3 is 12.6 Å². The topological polar surface area (TPSA) is 79.7 Å². The molecule has 1 fully saturated rings. The van der Waals surface area contributed by atoms with Gasteiger partial charge in [0.15, 0.2) is 0 Å². The lowest BCUT2D eigenvalue weighted by molar-refractivity contribution is -0.129. The highest BCUT2D eigenvalue weighted by Gasteiger charge is 2.32. The minimum Gasteiger partial charge on any atom is -0.415 e. The molecule has 0 unspecified atom stereocenters. The van der Waals surface area contributed by atoms with E-state index in [1.165, 1.54) is 13.0 Å². The number of hydrogen-bond acceptors (Lipinski definition) is 4. The zero-order valence-corrected chi connectivity index (χ0v) is 19.3. The summed E-state index contributed by atoms with van der Waals surface area (Å²) in [5, 5.41) is 3.70. The number of ether oxygens (including phenoxy) is 1. The number of carbonyl (C=O) groups is 2. The number of nitrogens with zero attached hydrogens (tertiary/aromatic N) is 4. The third-order valence-electron chi connectivity index (χ3n) is 6.07. The van der Waals surface area contributed by atoms with Crippen LogP contribution in [-0.2, 0) is 11.8 Å². The molecule has 4 rings (SSSR count). The van der Waals surface area contributed by atoms with Gasteiger partial charge in [-0.15, -0.1) is 0 Å². The number of piperidine rings is 1. The molecule has 180 valence electrons. The van der Waals surface area contributed by atoms with E-state index in [-0.39, 0.29) is 23.5 Å². The number of halogens is 2. The first-order chi connectivity index (χ1) is 16.2. The summed E-state index contributed by atoms with van der Waals surface area (Å²) in [4.78, 5) is 32.9. The highest BCUT2D eigenvalue weighted by atomic mass is 19.3. The van der Waals surface area contributed by atoms with Crippen molar-refractivity contribution in [3.8, 4) is 5.88 Å². The smallest absolute Gasteiger partial charge is 0.388 e. The second kappa shape index (κ2) is 9.66. The van der Waals surface area contributed by atoms with Gasteiger partial charge in [-0.25, -0.2) is 9.78 Å². The summed E-state index contributed by atoms with van der Waals surface area (Å²) in [6.45, 7) is 1.16. The molecule has 1 aromatic carbocycles. The summed E-state index contributed by atoms with van der Waals surface area (Å²) >= 11 is 0. The van der Waals surface area contributed by atoms with E-state index in [9.17, 15) is 18.4 Å². The maximum absolute atomic E-state index is 13.7. The Labute approximate surface area is 196 Å². The van der Waals surface area contributed by atoms with E-state index in [4.69, 9.17) is 0 Å². The zero-order chi connectivity index (χ0) is 24.4. The van der Waals surface area contributed by atoms with E-state index >= 15 is 0 Å². The number of carbonyl (C=O) groups excluding carboxylic acids is 2. The van der Waals surface area contributed by atoms with Crippen molar-refractivity contribution in [3.05, 3.63) is 48.3 Å². The Hall–Kier alpha value is -3.69. The fourth-order valence-electron chi connectivity index (χ4n) is 4.42. The molecule has 34 heavy (non-hydrogen) atoms. The van der Waals surface area contributed by atoms with Crippen molar-refractivity contribution >= 4 is 34.2 Å². The van der Waals surface area contributed by atoms with Gasteiger partial charge in [-0.3, -0.25) is 9.69 Å². The molecule has 1 N–H and O–H groups in total. The number of urea groups is 1. The van der Waals surface area contributed by atoms with Gasteiger partial charge in [0.1, 0.15) is 5.69 Å². The largest absolute Gasteiger partial charge is 0.415 e. The first-order valence-electron chi connectivity index (χ1n) is 11.1. The summed E-state index contributed by atoms with van der Waals surface area (Å²) in [5.74, 6) is -0.342. The molecular formula is C24H27F2N5O3. The van der Waals surface area contributed by atoms with Gasteiger partial charge in [0.25, 0.3) is 0 Å². The van der Waals surface area contributed by atoms with E-state index in [0.29, 0.717) is 37.3 Å². The van der Waals surface area contributed by atoms with Gasteiger partial charge in [0, 0.05) is 50.4 Å². The predicted octanol–water partition coefficient (Wildman–Crippen LogP) is 4.53. The quantitative estimate of drug-likeness (QED) is 0.593. The number of amides is 3. The van der Waals surface area contributed by atoms with Crippen molar-refractivity contribution in [1.82, 2.24) is 14.5 Å². The van der Waals surface area contributed by atoms with Crippen molar-refractivity contribution in [2.75, 3.05) is 23.3 Å². The number of aromatic nitrogens is 2. The number of benzene rings is 1. The van der Waals surface area contributed by atoms with E-state index < -0.39 is 12.6 Å². The fourth-order valence-corrected chi connectivity index (χ4v) is 4.42. The number of hydrogen-bond donors (Lipinski definition) is 1. The Morgan fingerprint density at radius 3 is 2.59 bits per heavy atom. The summed E-state index contributed by atoms with van der Waals surface area (Å²) < 4.78 is 32.4. The van der Waals surface area contributed by atoms with Gasteiger partial charge in [-0.1, -0.05) is 12.1 Å². The predicted molar refractivity (Wildman–Crippen MR) is 125 cm³/mol. The molecule has 2 aromatic heterocycles. The van der Waals surface area contributed by atoms with Crippen molar-refractivity contribution < 1.29 is 23.1 Å². The van der Waals surface area contributed by atoms with E-state index in [1.807, 2.05) is 42.1 Å². The summed E-state index contributed by atoms with van der Waals surface area (Å²) in [6.07, 6.45) is 3.09. The van der Waals surface area contributed by atoms with Crippen LogP contribution in [0.25, 0.3) is 10.9 Å². The number of rotatable bonds is 5. The van der Waals surface area contributed by atoms with Crippen LogP contribution in [0, 0.1) is 6.92 Å². The molecule has 3 aromatic rings. The number of pyridine rings is 1. The number of nitrogens with one attached hydrogen (secondary N) is 1. The molecule has 8 nitrogen and oxygen atoms in total. The minimum atomic E-state index is -3.07. The maximum Gasteiger partial charge on any atom is 0.388 e. The van der Waals surface area contributed by atoms with Gasteiger partial charge in [-0.2, -0.15) is 8.78 Å². The highest BCUT2D eigenvalue weighted by Crippen LogP contribution is 2.33. The third kappa shape index (κ3) is 4.80. The summed E-state index contributed by atoms with van der Waals surface area (Å²) in [5.41, 5.74) is 2.11. The van der Waals surface area contributed by atoms with Gasteiger partial charge in [0.2, 0.25) is 11.8 Å². The standard InChI is InChI=1S/C24H27F2N5O3/c1-15-7-8-19(22(27-15)34-23(25)26)28-24(33)31(18-10-13-30(14-11-18)16(2)32)20-6-4-5-17-9-12-29(3)21(17)20/h4-9,12,18,23H,10-11,13-14H2,1-3H3,(H,28,33). The molecular weight excluding hydrogens is 444 g/mol. The van der Waals surface area contributed by atoms with Crippen molar-refractivity contribution in [3.63, 3.8) is 0 Å². The number of likely N-dealkylation sites (tertiary alicyclic amines) is 1. The first kappa shape index (κ1) is 23.5.